The SMILES string of the molecule is O=C(CCN1c2ccccc2Sc2ccccc21)Nc1ccc[nH]c1=O. The van der Waals surface area contributed by atoms with Crippen LogP contribution < -0.4 is 15.8 Å². The Balaban J connectivity index is 1.54. The summed E-state index contributed by atoms with van der Waals surface area (Å²) in [6, 6.07) is 19.6. The molecule has 2 aromatic carbocycles. The third kappa shape index (κ3) is 3.23. The van der Waals surface area contributed by atoms with Crippen LogP contribution >= 0.6 is 11.8 Å². The second kappa shape index (κ2) is 7.09. The molecular formula is C20H17N3O2S. The molecule has 1 aliphatic rings. The number of carbonyl (C=O) groups is 1. The molecule has 130 valence electrons. The lowest BCUT2D eigenvalue weighted by Crippen LogP contribution is -2.27. The number of rotatable bonds is 4. The van der Waals surface area contributed by atoms with Crippen molar-refractivity contribution in [3.63, 3.8) is 0 Å². The van der Waals surface area contributed by atoms with Crippen molar-refractivity contribution in [3.8, 4) is 0 Å². The Morgan fingerprint density at radius 1 is 0.962 bits per heavy atom. The number of H-pyrrole nitrogens is 1. The van der Waals surface area contributed by atoms with Crippen molar-refractivity contribution in [2.45, 2.75) is 16.2 Å². The fraction of sp³-hybridized carbons (Fsp3) is 0.100. The molecule has 3 aromatic rings. The summed E-state index contributed by atoms with van der Waals surface area (Å²) in [6.45, 7) is 0.533. The minimum Gasteiger partial charge on any atom is -0.339 e. The van der Waals surface area contributed by atoms with E-state index >= 15 is 0 Å². The van der Waals surface area contributed by atoms with Crippen molar-refractivity contribution in [2.24, 2.45) is 0 Å². The molecule has 0 atom stereocenters. The molecule has 0 fully saturated rings. The number of para-hydroxylation sites is 2. The molecule has 4 rings (SSSR count). The average Bonchev–Trinajstić information content (AvgIpc) is 2.67. The first-order valence-corrected chi connectivity index (χ1v) is 9.15. The predicted molar refractivity (Wildman–Crippen MR) is 104 cm³/mol. The zero-order valence-electron chi connectivity index (χ0n) is 13.9. The third-order valence-corrected chi connectivity index (χ3v) is 5.32. The van der Waals surface area contributed by atoms with Crippen LogP contribution in [0.2, 0.25) is 0 Å². The molecule has 0 bridgehead atoms. The summed E-state index contributed by atoms with van der Waals surface area (Å²) in [6.07, 6.45) is 1.82. The quantitative estimate of drug-likeness (QED) is 0.735. The summed E-state index contributed by atoms with van der Waals surface area (Å²) < 4.78 is 0. The normalized spacial score (nSPS) is 12.2. The van der Waals surface area contributed by atoms with Crippen molar-refractivity contribution in [3.05, 3.63) is 77.2 Å². The van der Waals surface area contributed by atoms with Crippen LogP contribution in [0, 0.1) is 0 Å². The van der Waals surface area contributed by atoms with E-state index in [1.165, 1.54) is 16.0 Å². The van der Waals surface area contributed by atoms with Crippen LogP contribution in [0.3, 0.4) is 0 Å². The maximum Gasteiger partial charge on any atom is 0.271 e. The molecule has 5 nitrogen and oxygen atoms in total. The van der Waals surface area contributed by atoms with Crippen LogP contribution in [0.15, 0.2) is 81.4 Å². The smallest absolute Gasteiger partial charge is 0.271 e. The van der Waals surface area contributed by atoms with Gasteiger partial charge in [0.1, 0.15) is 5.69 Å². The minimum atomic E-state index is -0.300. The van der Waals surface area contributed by atoms with Crippen LogP contribution in [0.25, 0.3) is 0 Å². The Labute approximate surface area is 155 Å². The Kier molecular flexibility index (Phi) is 4.50. The standard InChI is InChI=1S/C20H17N3O2S/c24-19(22-14-6-5-12-21-20(14)25)11-13-23-15-7-1-3-9-17(15)26-18-10-4-2-8-16(18)23/h1-10,12H,11,13H2,(H,21,25)(H,22,24). The number of fused-ring (bicyclic) bond motifs is 2. The lowest BCUT2D eigenvalue weighted by Gasteiger charge is -2.32. The monoisotopic (exact) mass is 363 g/mol. The van der Waals surface area contributed by atoms with E-state index in [1.807, 2.05) is 24.3 Å². The van der Waals surface area contributed by atoms with E-state index in [1.54, 1.807) is 23.9 Å². The Bertz CT molecular complexity index is 970. The van der Waals surface area contributed by atoms with Crippen molar-refractivity contribution < 1.29 is 4.79 Å². The average molecular weight is 363 g/mol. The lowest BCUT2D eigenvalue weighted by atomic mass is 10.2. The Morgan fingerprint density at radius 3 is 2.27 bits per heavy atom. The first-order chi connectivity index (χ1) is 12.7. The van der Waals surface area contributed by atoms with Crippen LogP contribution in [0.1, 0.15) is 6.42 Å². The molecule has 0 saturated heterocycles. The predicted octanol–water partition coefficient (Wildman–Crippen LogP) is 4.01. The van der Waals surface area contributed by atoms with E-state index in [0.29, 0.717) is 6.54 Å². The van der Waals surface area contributed by atoms with Gasteiger partial charge in [0.2, 0.25) is 5.91 Å². The number of nitrogens with zero attached hydrogens (tertiary/aromatic N) is 1. The summed E-state index contributed by atoms with van der Waals surface area (Å²) in [5.74, 6) is -0.185. The maximum atomic E-state index is 12.3. The molecule has 0 unspecified atom stereocenters. The molecule has 2 heterocycles. The van der Waals surface area contributed by atoms with Crippen LogP contribution in [0.4, 0.5) is 17.1 Å². The number of amides is 1. The highest BCUT2D eigenvalue weighted by Crippen LogP contribution is 2.47. The molecule has 0 spiro atoms. The molecule has 0 saturated carbocycles. The first-order valence-electron chi connectivity index (χ1n) is 8.33. The fourth-order valence-electron chi connectivity index (χ4n) is 2.97. The third-order valence-electron chi connectivity index (χ3n) is 4.19. The summed E-state index contributed by atoms with van der Waals surface area (Å²) in [5.41, 5.74) is 2.17. The summed E-state index contributed by atoms with van der Waals surface area (Å²) in [7, 11) is 0. The topological polar surface area (TPSA) is 65.2 Å². The second-order valence-electron chi connectivity index (χ2n) is 5.90. The van der Waals surface area contributed by atoms with Crippen molar-refractivity contribution in [1.82, 2.24) is 4.98 Å². The van der Waals surface area contributed by atoms with Crippen LogP contribution in [-0.4, -0.2) is 17.4 Å². The van der Waals surface area contributed by atoms with Gasteiger partial charge in [-0.3, -0.25) is 9.59 Å². The number of anilines is 3. The number of pyridine rings is 1. The number of hydrogen-bond acceptors (Lipinski definition) is 4. The molecule has 1 aromatic heterocycles. The molecule has 0 radical (unpaired) electrons. The zero-order valence-corrected chi connectivity index (χ0v) is 14.8. The summed E-state index contributed by atoms with van der Waals surface area (Å²) >= 11 is 1.74. The Morgan fingerprint density at radius 2 is 1.62 bits per heavy atom. The highest BCUT2D eigenvalue weighted by molar-refractivity contribution is 7.99. The number of aromatic amines is 1. The van der Waals surface area contributed by atoms with Gasteiger partial charge in [-0.25, -0.2) is 0 Å². The summed E-state index contributed by atoms with van der Waals surface area (Å²) in [5, 5.41) is 2.68. The maximum absolute atomic E-state index is 12.3. The summed E-state index contributed by atoms with van der Waals surface area (Å²) in [4.78, 5) is 31.1. The van der Waals surface area contributed by atoms with Gasteiger partial charge >= 0.3 is 0 Å². The van der Waals surface area contributed by atoms with Crippen LogP contribution in [0.5, 0.6) is 0 Å². The molecular weight excluding hydrogens is 346 g/mol. The number of benzene rings is 2. The molecule has 6 heteroatoms. The largest absolute Gasteiger partial charge is 0.339 e. The van der Waals surface area contributed by atoms with E-state index in [9.17, 15) is 9.59 Å². The molecule has 0 aliphatic carbocycles. The number of nitrogens with one attached hydrogen (secondary N) is 2. The van der Waals surface area contributed by atoms with E-state index < -0.39 is 0 Å². The molecule has 1 aliphatic heterocycles. The van der Waals surface area contributed by atoms with Gasteiger partial charge in [0.25, 0.3) is 5.56 Å². The van der Waals surface area contributed by atoms with Gasteiger partial charge < -0.3 is 15.2 Å². The van der Waals surface area contributed by atoms with Gasteiger partial charge in [-0.15, -0.1) is 0 Å². The van der Waals surface area contributed by atoms with Gasteiger partial charge in [-0.2, -0.15) is 0 Å². The van der Waals surface area contributed by atoms with Crippen molar-refractivity contribution in [2.75, 3.05) is 16.8 Å². The van der Waals surface area contributed by atoms with Crippen molar-refractivity contribution in [1.29, 1.82) is 0 Å². The van der Waals surface area contributed by atoms with Gasteiger partial charge in [-0.05, 0) is 36.4 Å². The lowest BCUT2D eigenvalue weighted by molar-refractivity contribution is -0.116. The van der Waals surface area contributed by atoms with E-state index in [4.69, 9.17) is 0 Å². The minimum absolute atomic E-state index is 0.185. The number of hydrogen-bond donors (Lipinski definition) is 2. The zero-order chi connectivity index (χ0) is 17.9. The first kappa shape index (κ1) is 16.5. The fourth-order valence-corrected chi connectivity index (χ4v) is 4.06. The molecule has 1 amide bonds. The molecule has 2 N–H and O–H groups in total. The van der Waals surface area contributed by atoms with Gasteiger partial charge in [0.05, 0.1) is 11.4 Å². The van der Waals surface area contributed by atoms with E-state index in [-0.39, 0.29) is 23.6 Å². The number of aromatic nitrogens is 1. The van der Waals surface area contributed by atoms with Gasteiger partial charge in [-0.1, -0.05) is 36.0 Å². The Hall–Kier alpha value is -2.99. The second-order valence-corrected chi connectivity index (χ2v) is 6.98. The molecule has 26 heavy (non-hydrogen) atoms. The van der Waals surface area contributed by atoms with Crippen LogP contribution in [-0.2, 0) is 4.79 Å². The van der Waals surface area contributed by atoms with E-state index in [0.717, 1.165) is 11.4 Å². The van der Waals surface area contributed by atoms with E-state index in [2.05, 4.69) is 39.5 Å². The highest BCUT2D eigenvalue weighted by atomic mass is 32.2. The van der Waals surface area contributed by atoms with Gasteiger partial charge in [0, 0.05) is 29.0 Å². The van der Waals surface area contributed by atoms with Gasteiger partial charge in [0.15, 0.2) is 0 Å². The number of carbonyl (C=O) groups excluding carboxylic acids is 1. The van der Waals surface area contributed by atoms with Crippen molar-refractivity contribution >= 4 is 34.7 Å². The highest BCUT2D eigenvalue weighted by Gasteiger charge is 2.23.